The van der Waals surface area contributed by atoms with Gasteiger partial charge < -0.3 is 10.0 Å². The van der Waals surface area contributed by atoms with E-state index < -0.39 is 5.97 Å². The Hall–Kier alpha value is -3.84. The van der Waals surface area contributed by atoms with Gasteiger partial charge in [-0.25, -0.2) is 9.79 Å². The Balaban J connectivity index is 1.42. The van der Waals surface area contributed by atoms with Gasteiger partial charge in [0, 0.05) is 18.8 Å². The number of aliphatic imine (C=N–C) groups is 1. The number of aromatic carboxylic acids is 1. The number of amidine groups is 1. The van der Waals surface area contributed by atoms with Gasteiger partial charge in [0.1, 0.15) is 0 Å². The quantitative estimate of drug-likeness (QED) is 0.449. The van der Waals surface area contributed by atoms with Gasteiger partial charge in [-0.3, -0.25) is 9.69 Å². The van der Waals surface area contributed by atoms with Crippen LogP contribution >= 0.6 is 11.8 Å². The van der Waals surface area contributed by atoms with Crippen LogP contribution in [-0.2, 0) is 11.3 Å². The molecule has 7 heteroatoms. The third-order valence-corrected chi connectivity index (χ3v) is 7.08. The first kappa shape index (κ1) is 22.9. The number of benzene rings is 3. The molecule has 3 aromatic rings. The summed E-state index contributed by atoms with van der Waals surface area (Å²) in [7, 11) is 0. The zero-order valence-electron chi connectivity index (χ0n) is 19.1. The van der Waals surface area contributed by atoms with Crippen LogP contribution in [0, 0.1) is 0 Å². The molecule has 0 unspecified atom stereocenters. The maximum Gasteiger partial charge on any atom is 0.335 e. The molecule has 0 radical (unpaired) electrons. The number of carbonyl (C=O) groups is 2. The third-order valence-electron chi connectivity index (χ3n) is 6.07. The van der Waals surface area contributed by atoms with E-state index in [4.69, 9.17) is 10.1 Å². The van der Waals surface area contributed by atoms with Gasteiger partial charge in [-0.1, -0.05) is 42.5 Å². The maximum absolute atomic E-state index is 13.4. The monoisotopic (exact) mass is 483 g/mol. The van der Waals surface area contributed by atoms with Crippen molar-refractivity contribution in [3.63, 3.8) is 0 Å². The normalized spacial score (nSPS) is 18.1. The summed E-state index contributed by atoms with van der Waals surface area (Å²) >= 11 is 1.36. The van der Waals surface area contributed by atoms with Crippen molar-refractivity contribution in [1.29, 1.82) is 0 Å². The van der Waals surface area contributed by atoms with Crippen molar-refractivity contribution in [3.05, 3.63) is 100 Å². The zero-order valence-corrected chi connectivity index (χ0v) is 19.9. The van der Waals surface area contributed by atoms with E-state index in [1.807, 2.05) is 36.4 Å². The summed E-state index contributed by atoms with van der Waals surface area (Å²) in [5.74, 6) is -1.09. The molecule has 0 spiro atoms. The fraction of sp³-hybridized carbons (Fsp3) is 0.179. The van der Waals surface area contributed by atoms with Crippen LogP contribution in [-0.4, -0.2) is 40.1 Å². The summed E-state index contributed by atoms with van der Waals surface area (Å²) in [6.45, 7) is 2.50. The number of hydrogen-bond donors (Lipinski definition) is 1. The molecule has 5 rings (SSSR count). The van der Waals surface area contributed by atoms with Gasteiger partial charge in [-0.15, -0.1) is 0 Å². The molecule has 0 atom stereocenters. The van der Waals surface area contributed by atoms with Crippen molar-refractivity contribution in [2.45, 2.75) is 19.4 Å². The number of carboxylic acids is 1. The summed E-state index contributed by atoms with van der Waals surface area (Å²) in [4.78, 5) is 34.0. The third kappa shape index (κ3) is 5.30. The Labute approximate surface area is 208 Å². The minimum absolute atomic E-state index is 0.115. The number of thioether (sulfide) groups is 1. The zero-order chi connectivity index (χ0) is 24.2. The van der Waals surface area contributed by atoms with E-state index in [0.717, 1.165) is 29.9 Å². The predicted octanol–water partition coefficient (Wildman–Crippen LogP) is 5.79. The first-order chi connectivity index (χ1) is 17.1. The molecule has 176 valence electrons. The van der Waals surface area contributed by atoms with Crippen LogP contribution in [0.25, 0.3) is 6.08 Å². The van der Waals surface area contributed by atoms with Crippen LogP contribution in [0.4, 0.5) is 11.4 Å². The highest BCUT2D eigenvalue weighted by Gasteiger charge is 2.33. The second kappa shape index (κ2) is 10.2. The molecule has 2 saturated heterocycles. The Morgan fingerprint density at radius 3 is 2.29 bits per heavy atom. The van der Waals surface area contributed by atoms with Crippen LogP contribution in [0.2, 0.25) is 0 Å². The average Bonchev–Trinajstić information content (AvgIpc) is 3.51. The number of amides is 1. The Morgan fingerprint density at radius 2 is 1.63 bits per heavy atom. The fourth-order valence-corrected chi connectivity index (χ4v) is 5.19. The van der Waals surface area contributed by atoms with Crippen molar-refractivity contribution >= 4 is 46.3 Å². The van der Waals surface area contributed by atoms with Crippen LogP contribution in [0.5, 0.6) is 0 Å². The van der Waals surface area contributed by atoms with Crippen molar-refractivity contribution in [3.8, 4) is 0 Å². The Kier molecular flexibility index (Phi) is 6.68. The van der Waals surface area contributed by atoms with E-state index >= 15 is 0 Å². The molecule has 2 heterocycles. The van der Waals surface area contributed by atoms with E-state index in [-0.39, 0.29) is 11.5 Å². The van der Waals surface area contributed by atoms with Gasteiger partial charge in [0.25, 0.3) is 5.91 Å². The van der Waals surface area contributed by atoms with Crippen molar-refractivity contribution in [2.75, 3.05) is 18.0 Å². The van der Waals surface area contributed by atoms with Crippen LogP contribution in [0.3, 0.4) is 0 Å². The number of anilines is 1. The van der Waals surface area contributed by atoms with Gasteiger partial charge >= 0.3 is 5.97 Å². The standard InChI is InChI=1S/C28H25N3O3S/c32-26-25(18-20-10-14-24(15-11-20)30-16-4-5-17-30)35-28(29-23-6-2-1-3-7-23)31(26)19-21-8-12-22(13-9-21)27(33)34/h1-3,6-15,18H,4-5,16-17,19H2,(H,33,34)/b25-18-,29-28?. The molecular weight excluding hydrogens is 458 g/mol. The lowest BCUT2D eigenvalue weighted by molar-refractivity contribution is -0.122. The van der Waals surface area contributed by atoms with Gasteiger partial charge in [-0.05, 0) is 78.2 Å². The molecule has 6 nitrogen and oxygen atoms in total. The van der Waals surface area contributed by atoms with Crippen LogP contribution in [0.15, 0.2) is 88.8 Å². The summed E-state index contributed by atoms with van der Waals surface area (Å²) in [6.07, 6.45) is 4.37. The molecule has 0 aromatic heterocycles. The van der Waals surface area contributed by atoms with E-state index in [9.17, 15) is 9.59 Å². The molecule has 2 aliphatic heterocycles. The molecule has 2 fully saturated rings. The van der Waals surface area contributed by atoms with E-state index in [1.54, 1.807) is 29.2 Å². The molecule has 0 bridgehead atoms. The lowest BCUT2D eigenvalue weighted by atomic mass is 10.1. The SMILES string of the molecule is O=C(O)c1ccc(CN2C(=O)/C(=C/c3ccc(N4CCCC4)cc3)SC2=Nc2ccccc2)cc1. The summed E-state index contributed by atoms with van der Waals surface area (Å²) < 4.78 is 0. The predicted molar refractivity (Wildman–Crippen MR) is 141 cm³/mol. The number of rotatable bonds is 6. The van der Waals surface area contributed by atoms with Crippen LogP contribution in [0.1, 0.15) is 34.3 Å². The van der Waals surface area contributed by atoms with Gasteiger partial charge in [0.2, 0.25) is 0 Å². The average molecular weight is 484 g/mol. The lowest BCUT2D eigenvalue weighted by Crippen LogP contribution is -2.28. The Bertz CT molecular complexity index is 1280. The lowest BCUT2D eigenvalue weighted by Gasteiger charge is -2.17. The Morgan fingerprint density at radius 1 is 0.943 bits per heavy atom. The number of nitrogens with zero attached hydrogens (tertiary/aromatic N) is 3. The summed E-state index contributed by atoms with van der Waals surface area (Å²) in [6, 6.07) is 24.5. The molecular formula is C28H25N3O3S. The largest absolute Gasteiger partial charge is 0.478 e. The topological polar surface area (TPSA) is 73.2 Å². The van der Waals surface area contributed by atoms with Crippen LogP contribution < -0.4 is 4.90 Å². The highest BCUT2D eigenvalue weighted by Crippen LogP contribution is 2.35. The second-order valence-corrected chi connectivity index (χ2v) is 9.53. The first-order valence-corrected chi connectivity index (χ1v) is 12.4. The summed E-state index contributed by atoms with van der Waals surface area (Å²) in [5.41, 5.74) is 4.00. The van der Waals surface area contributed by atoms with E-state index in [1.165, 1.54) is 30.3 Å². The van der Waals surface area contributed by atoms with Crippen molar-refractivity contribution in [1.82, 2.24) is 4.90 Å². The molecule has 0 saturated carbocycles. The second-order valence-electron chi connectivity index (χ2n) is 8.52. The number of hydrogen-bond acceptors (Lipinski definition) is 5. The van der Waals surface area contributed by atoms with E-state index in [0.29, 0.717) is 16.6 Å². The maximum atomic E-state index is 13.4. The molecule has 1 amide bonds. The smallest absolute Gasteiger partial charge is 0.335 e. The van der Waals surface area contributed by atoms with E-state index in [2.05, 4.69) is 29.2 Å². The van der Waals surface area contributed by atoms with Gasteiger partial charge in [0.05, 0.1) is 22.7 Å². The number of carboxylic acid groups (broad SMARTS) is 1. The molecule has 3 aromatic carbocycles. The molecule has 0 aliphatic carbocycles. The minimum Gasteiger partial charge on any atom is -0.478 e. The highest BCUT2D eigenvalue weighted by atomic mass is 32.2. The molecule has 1 N–H and O–H groups in total. The van der Waals surface area contributed by atoms with Gasteiger partial charge in [-0.2, -0.15) is 0 Å². The molecule has 2 aliphatic rings. The number of carbonyl (C=O) groups excluding carboxylic acids is 1. The first-order valence-electron chi connectivity index (χ1n) is 11.6. The molecule has 35 heavy (non-hydrogen) atoms. The highest BCUT2D eigenvalue weighted by molar-refractivity contribution is 8.18. The fourth-order valence-electron chi connectivity index (χ4n) is 4.19. The summed E-state index contributed by atoms with van der Waals surface area (Å²) in [5, 5.41) is 9.77. The minimum atomic E-state index is -0.975. The number of para-hydroxylation sites is 1. The van der Waals surface area contributed by atoms with Crippen molar-refractivity contribution in [2.24, 2.45) is 4.99 Å². The van der Waals surface area contributed by atoms with Crippen molar-refractivity contribution < 1.29 is 14.7 Å². The van der Waals surface area contributed by atoms with Gasteiger partial charge in [0.15, 0.2) is 5.17 Å².